The molecular weight excluding hydrogens is 848 g/mol. The molecule has 5 aromatic rings. The standard InChI is InChI=1S/C17H28N2O2Si.2C12H15N3O.C3H10N2.C2H6O.CH4.ClH/c1-17(2,3)22(6,7)21-13-14-9-8-11-18-16(14)15(20)10-12-19(4)5;1-9(2)15-7-5-11(14-15)12-10(8-16)4-3-6-13-12;1-9(2)15-11(5-7-14-15)12-10(8-16)4-3-6-13-12;1-3(2)5-4;1-2-3;;/h8-12H,13H2,1-7H3;2*3-7,9,16H,8H2,1-2H3;3,5H,4H2,1-2H3;3H,2H2,1H3;1H4;1H/b12-10+;;;;;;. The van der Waals surface area contributed by atoms with Crippen LogP contribution in [0.25, 0.3) is 22.8 Å². The Morgan fingerprint density at radius 3 is 1.80 bits per heavy atom. The molecule has 6 N–H and O–H groups in total. The van der Waals surface area contributed by atoms with Gasteiger partial charge in [0.15, 0.2) is 8.32 Å². The van der Waals surface area contributed by atoms with Gasteiger partial charge in [0.05, 0.1) is 36.9 Å². The van der Waals surface area contributed by atoms with Gasteiger partial charge in [-0.05, 0) is 96.9 Å². The maximum absolute atomic E-state index is 12.3. The number of aliphatic hydroxyl groups is 3. The molecule has 0 spiro atoms. The molecule has 0 fully saturated rings. The topological polar surface area (TPSA) is 203 Å². The van der Waals surface area contributed by atoms with Crippen LogP contribution in [0.3, 0.4) is 0 Å². The van der Waals surface area contributed by atoms with Gasteiger partial charge in [0.2, 0.25) is 5.78 Å². The molecule has 0 atom stereocenters. The Hall–Kier alpha value is -4.65. The first kappa shape index (κ1) is 61.4. The molecule has 0 amide bonds. The molecule has 0 saturated heterocycles. The number of pyridine rings is 3. The summed E-state index contributed by atoms with van der Waals surface area (Å²) in [5, 5.41) is 34.9. The second kappa shape index (κ2) is 31.3. The minimum Gasteiger partial charge on any atom is -0.412 e. The van der Waals surface area contributed by atoms with Crippen LogP contribution in [-0.4, -0.2) is 95.6 Å². The predicted octanol–water partition coefficient (Wildman–Crippen LogP) is 8.81. The Labute approximate surface area is 390 Å². The Balaban J connectivity index is 0. The summed E-state index contributed by atoms with van der Waals surface area (Å²) in [5.74, 6) is 4.83. The lowest BCUT2D eigenvalue weighted by Crippen LogP contribution is -2.40. The number of nitrogens with two attached hydrogens (primary N) is 1. The quantitative estimate of drug-likeness (QED) is 0.0247. The van der Waals surface area contributed by atoms with Gasteiger partial charge >= 0.3 is 0 Å². The highest BCUT2D eigenvalue weighted by molar-refractivity contribution is 6.74. The van der Waals surface area contributed by atoms with Crippen molar-refractivity contribution < 1.29 is 24.5 Å². The van der Waals surface area contributed by atoms with Crippen LogP contribution < -0.4 is 11.3 Å². The zero-order valence-electron chi connectivity index (χ0n) is 39.9. The van der Waals surface area contributed by atoms with Crippen LogP contribution in [0.5, 0.6) is 0 Å². The van der Waals surface area contributed by atoms with Gasteiger partial charge in [0.25, 0.3) is 0 Å². The molecule has 15 nitrogen and oxygen atoms in total. The Kier molecular flexibility index (Phi) is 30.0. The van der Waals surface area contributed by atoms with Crippen molar-refractivity contribution in [2.45, 2.75) is 133 Å². The van der Waals surface area contributed by atoms with Gasteiger partial charge in [-0.1, -0.05) is 46.4 Å². The van der Waals surface area contributed by atoms with Crippen molar-refractivity contribution in [2.75, 3.05) is 20.7 Å². The van der Waals surface area contributed by atoms with Crippen molar-refractivity contribution in [2.24, 2.45) is 5.84 Å². The van der Waals surface area contributed by atoms with Gasteiger partial charge in [-0.3, -0.25) is 40.4 Å². The molecule has 17 heteroatoms. The highest BCUT2D eigenvalue weighted by atomic mass is 35.5. The summed E-state index contributed by atoms with van der Waals surface area (Å²) in [6.45, 7) is 25.6. The first-order valence-corrected chi connectivity index (χ1v) is 23.8. The van der Waals surface area contributed by atoms with E-state index in [0.29, 0.717) is 24.4 Å². The SMILES string of the molecule is C.CC(C)NN.CC(C)n1ccc(-c2ncccc2CO)n1.CC(C)n1nccc1-c1ncccc1CO.CCO.CN(C)/C=C/C(=O)c1ncccc1CO[Si](C)(C)C(C)(C)C.Cl. The first-order valence-electron chi connectivity index (χ1n) is 20.9. The third-order valence-electron chi connectivity index (χ3n) is 9.28. The van der Waals surface area contributed by atoms with Gasteiger partial charge < -0.3 is 24.6 Å². The van der Waals surface area contributed by atoms with E-state index < -0.39 is 8.32 Å². The fourth-order valence-corrected chi connectivity index (χ4v) is 5.76. The minimum absolute atomic E-state index is 0. The van der Waals surface area contributed by atoms with E-state index >= 15 is 0 Å². The van der Waals surface area contributed by atoms with Crippen molar-refractivity contribution in [3.63, 3.8) is 0 Å². The van der Waals surface area contributed by atoms with Gasteiger partial charge in [-0.25, -0.2) is 0 Å². The third-order valence-corrected chi connectivity index (χ3v) is 13.8. The van der Waals surface area contributed by atoms with Crippen LogP contribution in [0.2, 0.25) is 18.1 Å². The van der Waals surface area contributed by atoms with Gasteiger partial charge in [0.1, 0.15) is 11.4 Å². The molecule has 0 saturated carbocycles. The van der Waals surface area contributed by atoms with Crippen LogP contribution in [0.15, 0.2) is 91.8 Å². The number of nitrogens with one attached hydrogen (secondary N) is 1. The maximum Gasteiger partial charge on any atom is 0.205 e. The van der Waals surface area contributed by atoms with E-state index in [9.17, 15) is 15.0 Å². The molecule has 0 aromatic carbocycles. The van der Waals surface area contributed by atoms with Crippen LogP contribution in [-0.2, 0) is 24.2 Å². The molecule has 64 heavy (non-hydrogen) atoms. The number of hydrogen-bond acceptors (Lipinski definition) is 13. The van der Waals surface area contributed by atoms with Gasteiger partial charge in [0, 0.05) is 98.8 Å². The molecule has 5 heterocycles. The summed E-state index contributed by atoms with van der Waals surface area (Å²) in [6, 6.07) is 16.0. The van der Waals surface area contributed by atoms with E-state index in [1.807, 2.05) is 96.9 Å². The van der Waals surface area contributed by atoms with Gasteiger partial charge in [-0.2, -0.15) is 10.2 Å². The van der Waals surface area contributed by atoms with Crippen molar-refractivity contribution in [1.29, 1.82) is 0 Å². The highest BCUT2D eigenvalue weighted by Gasteiger charge is 2.37. The molecule has 0 aliphatic carbocycles. The molecule has 0 radical (unpaired) electrons. The molecule has 5 aromatic heterocycles. The minimum atomic E-state index is -1.85. The summed E-state index contributed by atoms with van der Waals surface area (Å²) in [7, 11) is 1.91. The van der Waals surface area contributed by atoms with Crippen LogP contribution in [0.1, 0.15) is 116 Å². The smallest absolute Gasteiger partial charge is 0.205 e. The van der Waals surface area contributed by atoms with Crippen molar-refractivity contribution >= 4 is 26.5 Å². The number of hydrazine groups is 1. The number of aromatic nitrogens is 7. The number of carbonyl (C=O) groups excluding carboxylic acids is 1. The summed E-state index contributed by atoms with van der Waals surface area (Å²) in [4.78, 5) is 26.9. The Morgan fingerprint density at radius 1 is 0.844 bits per heavy atom. The molecular formula is C47H79ClN10O5Si. The number of ketones is 1. The molecule has 0 bridgehead atoms. The zero-order chi connectivity index (χ0) is 47.0. The van der Waals surface area contributed by atoms with Crippen LogP contribution in [0.4, 0.5) is 0 Å². The molecule has 0 aliphatic heterocycles. The molecule has 0 aliphatic rings. The second-order valence-corrected chi connectivity index (χ2v) is 21.5. The van der Waals surface area contributed by atoms with E-state index in [-0.39, 0.29) is 56.5 Å². The number of nitrogens with zero attached hydrogens (tertiary/aromatic N) is 8. The monoisotopic (exact) mass is 927 g/mol. The van der Waals surface area contributed by atoms with Crippen molar-refractivity contribution in [3.05, 3.63) is 114 Å². The Morgan fingerprint density at radius 2 is 1.34 bits per heavy atom. The lowest BCUT2D eigenvalue weighted by molar-refractivity contribution is 0.103. The van der Waals surface area contributed by atoms with Gasteiger partial charge in [-0.15, -0.1) is 12.4 Å². The second-order valence-electron chi connectivity index (χ2n) is 16.7. The molecule has 0 unspecified atom stereocenters. The van der Waals surface area contributed by atoms with E-state index in [1.54, 1.807) is 37.9 Å². The number of hydrogen-bond donors (Lipinski definition) is 5. The fourth-order valence-electron chi connectivity index (χ4n) is 4.81. The number of carbonyl (C=O) groups is 1. The van der Waals surface area contributed by atoms with E-state index in [2.05, 4.69) is 92.1 Å². The first-order chi connectivity index (χ1) is 29.2. The van der Waals surface area contributed by atoms with Crippen LogP contribution in [0, 0.1) is 0 Å². The Bertz CT molecular complexity index is 2050. The zero-order valence-corrected chi connectivity index (χ0v) is 41.8. The largest absolute Gasteiger partial charge is 0.412 e. The lowest BCUT2D eigenvalue weighted by Gasteiger charge is -2.36. The number of halogens is 1. The highest BCUT2D eigenvalue weighted by Crippen LogP contribution is 2.37. The average molecular weight is 928 g/mol. The number of rotatable bonds is 13. The summed E-state index contributed by atoms with van der Waals surface area (Å²) < 4.78 is 9.99. The normalized spacial score (nSPS) is 10.9. The van der Waals surface area contributed by atoms with Crippen molar-refractivity contribution in [1.82, 2.24) is 44.8 Å². The summed E-state index contributed by atoms with van der Waals surface area (Å²) >= 11 is 0. The molecule has 5 rings (SSSR count). The summed E-state index contributed by atoms with van der Waals surface area (Å²) in [6.07, 6.45) is 12.0. The molecule has 358 valence electrons. The third kappa shape index (κ3) is 20.9. The van der Waals surface area contributed by atoms with E-state index in [0.717, 1.165) is 39.5 Å². The average Bonchev–Trinajstić information content (AvgIpc) is 3.94. The predicted molar refractivity (Wildman–Crippen MR) is 266 cm³/mol. The van der Waals surface area contributed by atoms with E-state index in [4.69, 9.17) is 15.4 Å². The number of aliphatic hydroxyl groups excluding tert-OH is 3. The maximum atomic E-state index is 12.3. The van der Waals surface area contributed by atoms with E-state index in [1.165, 1.54) is 6.08 Å². The van der Waals surface area contributed by atoms with Crippen LogP contribution >= 0.6 is 12.4 Å². The summed E-state index contributed by atoms with van der Waals surface area (Å²) in [5.41, 5.74) is 8.78. The number of allylic oxidation sites excluding steroid dienone is 1. The fraction of sp³-hybridized carbons (Fsp3) is 0.489. The lowest BCUT2D eigenvalue weighted by atomic mass is 10.1. The van der Waals surface area contributed by atoms with Crippen molar-refractivity contribution in [3.8, 4) is 22.8 Å².